The number of hydrogen-bond acceptors (Lipinski definition) is 6. The van der Waals surface area contributed by atoms with Crippen LogP contribution in [0.5, 0.6) is 0 Å². The number of esters is 1. The first kappa shape index (κ1) is 26.5. The summed E-state index contributed by atoms with van der Waals surface area (Å²) in [5, 5.41) is -1.64. The van der Waals surface area contributed by atoms with E-state index in [9.17, 15) is 31.2 Å². The minimum absolute atomic E-state index is 0.0292. The zero-order chi connectivity index (χ0) is 26.5. The summed E-state index contributed by atoms with van der Waals surface area (Å²) < 4.78 is 77.6. The molecule has 2 aromatic rings. The highest BCUT2D eigenvalue weighted by Crippen LogP contribution is 2.48. The van der Waals surface area contributed by atoms with Crippen molar-refractivity contribution in [1.29, 1.82) is 0 Å². The van der Waals surface area contributed by atoms with Gasteiger partial charge in [0, 0.05) is 6.42 Å². The zero-order valence-electron chi connectivity index (χ0n) is 18.5. The topological polar surface area (TPSA) is 90.0 Å². The van der Waals surface area contributed by atoms with Crippen molar-refractivity contribution in [1.82, 2.24) is 4.31 Å². The van der Waals surface area contributed by atoms with Crippen LogP contribution >= 0.6 is 23.2 Å². The monoisotopic (exact) mass is 563 g/mol. The van der Waals surface area contributed by atoms with Crippen molar-refractivity contribution in [3.05, 3.63) is 75.8 Å². The maximum absolute atomic E-state index is 13.6. The summed E-state index contributed by atoms with van der Waals surface area (Å²) in [7, 11) is -3.86. The number of nitrogens with zero attached hydrogens (tertiary/aromatic N) is 1. The highest BCUT2D eigenvalue weighted by Gasteiger charge is 2.64. The second-order valence-electron chi connectivity index (χ2n) is 8.18. The van der Waals surface area contributed by atoms with Crippen LogP contribution in [0, 0.1) is 5.41 Å². The average Bonchev–Trinajstić information content (AvgIpc) is 2.81. The summed E-state index contributed by atoms with van der Waals surface area (Å²) in [4.78, 5) is 25.7. The van der Waals surface area contributed by atoms with Gasteiger partial charge in [0.25, 0.3) is 15.9 Å². The molecule has 0 unspecified atom stereocenters. The van der Waals surface area contributed by atoms with Crippen molar-refractivity contribution < 1.29 is 40.7 Å². The molecule has 2 aliphatic heterocycles. The molecule has 5 rings (SSSR count). The Morgan fingerprint density at radius 1 is 1.17 bits per heavy atom. The van der Waals surface area contributed by atoms with Crippen LogP contribution in [-0.2, 0) is 41.9 Å². The maximum atomic E-state index is 13.6. The number of benzene rings is 2. The lowest BCUT2D eigenvalue weighted by Gasteiger charge is -2.49. The van der Waals surface area contributed by atoms with E-state index in [1.54, 1.807) is 30.3 Å². The number of halogens is 5. The van der Waals surface area contributed by atoms with E-state index in [-0.39, 0.29) is 13.0 Å². The number of alkyl halides is 3. The molecule has 7 nitrogen and oxygen atoms in total. The molecule has 0 saturated carbocycles. The Morgan fingerprint density at radius 2 is 1.78 bits per heavy atom. The van der Waals surface area contributed by atoms with Crippen LogP contribution in [-0.4, -0.2) is 43.9 Å². The predicted octanol–water partition coefficient (Wildman–Crippen LogP) is 4.62. The van der Waals surface area contributed by atoms with Crippen LogP contribution in [0.3, 0.4) is 0 Å². The lowest BCUT2D eigenvalue weighted by atomic mass is 9.70. The second kappa shape index (κ2) is 9.37. The Morgan fingerprint density at radius 3 is 2.33 bits per heavy atom. The third-order valence-corrected chi connectivity index (χ3v) is 8.79. The SMILES string of the molecule is COC(=O)[C@@]12C=C[C@@H](C[C@H]1OCc1ccccc1)N(S(=O)(=O)c1c(Cl)cc(C(F)(F)F)cc1Cl)C2=O. The van der Waals surface area contributed by atoms with Gasteiger partial charge in [-0.15, -0.1) is 0 Å². The minimum Gasteiger partial charge on any atom is -0.468 e. The van der Waals surface area contributed by atoms with E-state index in [1.807, 2.05) is 0 Å². The number of ether oxygens (including phenoxy) is 2. The largest absolute Gasteiger partial charge is 0.468 e. The van der Waals surface area contributed by atoms with Gasteiger partial charge in [0.1, 0.15) is 4.90 Å². The molecular weight excluding hydrogens is 546 g/mol. The fraction of sp³-hybridized carbons (Fsp3) is 0.304. The van der Waals surface area contributed by atoms with Crippen molar-refractivity contribution in [2.45, 2.75) is 36.2 Å². The molecule has 0 aromatic heterocycles. The highest BCUT2D eigenvalue weighted by molar-refractivity contribution is 7.90. The van der Waals surface area contributed by atoms with E-state index in [4.69, 9.17) is 32.7 Å². The summed E-state index contributed by atoms with van der Waals surface area (Å²) in [6.45, 7) is 0.0292. The minimum atomic E-state index is -4.90. The number of rotatable bonds is 6. The molecule has 0 spiro atoms. The van der Waals surface area contributed by atoms with Crippen molar-refractivity contribution in [2.75, 3.05) is 7.11 Å². The second-order valence-corrected chi connectivity index (χ2v) is 10.7. The summed E-state index contributed by atoms with van der Waals surface area (Å²) >= 11 is 11.9. The summed E-state index contributed by atoms with van der Waals surface area (Å²) in [6, 6.07) is 8.61. The van der Waals surface area contributed by atoms with Crippen molar-refractivity contribution in [3.63, 3.8) is 0 Å². The molecule has 2 heterocycles. The van der Waals surface area contributed by atoms with E-state index >= 15 is 0 Å². The molecule has 1 fully saturated rings. The summed E-state index contributed by atoms with van der Waals surface area (Å²) in [5.41, 5.74) is -2.65. The van der Waals surface area contributed by atoms with Crippen molar-refractivity contribution >= 4 is 45.1 Å². The fourth-order valence-electron chi connectivity index (χ4n) is 4.35. The normalized spacial score (nSPS) is 23.7. The van der Waals surface area contributed by atoms with Gasteiger partial charge in [-0.2, -0.15) is 13.2 Å². The molecule has 1 saturated heterocycles. The Labute approximate surface area is 214 Å². The molecule has 2 bridgehead atoms. The molecule has 0 radical (unpaired) electrons. The first-order chi connectivity index (χ1) is 16.8. The number of hydrogen-bond donors (Lipinski definition) is 0. The van der Waals surface area contributed by atoms with Crippen LogP contribution in [0.25, 0.3) is 0 Å². The van der Waals surface area contributed by atoms with E-state index in [2.05, 4.69) is 0 Å². The van der Waals surface area contributed by atoms with Gasteiger partial charge in [-0.1, -0.05) is 65.7 Å². The van der Waals surface area contributed by atoms with Crippen molar-refractivity contribution in [3.8, 4) is 0 Å². The Kier molecular flexibility index (Phi) is 6.89. The lowest BCUT2D eigenvalue weighted by Crippen LogP contribution is -2.66. The van der Waals surface area contributed by atoms with E-state index < -0.39 is 66.1 Å². The molecule has 13 heteroatoms. The van der Waals surface area contributed by atoms with E-state index in [0.29, 0.717) is 16.4 Å². The number of carbonyl (C=O) groups is 2. The van der Waals surface area contributed by atoms with Gasteiger partial charge in [0.2, 0.25) is 0 Å². The van der Waals surface area contributed by atoms with E-state index in [0.717, 1.165) is 12.7 Å². The number of sulfonamides is 1. The van der Waals surface area contributed by atoms with Gasteiger partial charge < -0.3 is 9.47 Å². The third kappa shape index (κ3) is 4.27. The van der Waals surface area contributed by atoms with Gasteiger partial charge in [-0.25, -0.2) is 12.7 Å². The lowest BCUT2D eigenvalue weighted by molar-refractivity contribution is -0.176. The van der Waals surface area contributed by atoms with Crippen LogP contribution in [0.1, 0.15) is 17.5 Å². The molecule has 0 N–H and O–H groups in total. The average molecular weight is 564 g/mol. The molecular formula is C23H18Cl2F3NO6S. The smallest absolute Gasteiger partial charge is 0.416 e. The first-order valence-corrected chi connectivity index (χ1v) is 12.6. The van der Waals surface area contributed by atoms with Crippen LogP contribution in [0.4, 0.5) is 13.2 Å². The highest BCUT2D eigenvalue weighted by atomic mass is 35.5. The molecule has 36 heavy (non-hydrogen) atoms. The van der Waals surface area contributed by atoms with Gasteiger partial charge in [0.05, 0.1) is 41.5 Å². The first-order valence-electron chi connectivity index (χ1n) is 10.4. The predicted molar refractivity (Wildman–Crippen MR) is 123 cm³/mol. The van der Waals surface area contributed by atoms with Gasteiger partial charge >= 0.3 is 12.1 Å². The Balaban J connectivity index is 1.75. The van der Waals surface area contributed by atoms with Crippen LogP contribution < -0.4 is 0 Å². The third-order valence-electron chi connectivity index (χ3n) is 6.06. The standard InChI is InChI=1S/C23H18Cl2F3NO6S/c1-34-21(31)22-8-7-15(11-18(22)35-12-13-5-3-2-4-6-13)29(20(22)30)36(32,33)19-16(24)9-14(10-17(19)25)23(26,27)28/h2-10,15,18H,11-12H2,1H3/t15-,18+,22-/m0/s1. The molecule has 2 aromatic carbocycles. The molecule has 1 aliphatic carbocycles. The van der Waals surface area contributed by atoms with Gasteiger partial charge in [-0.3, -0.25) is 9.59 Å². The van der Waals surface area contributed by atoms with Crippen LogP contribution in [0.2, 0.25) is 10.0 Å². The molecule has 3 atom stereocenters. The zero-order valence-corrected chi connectivity index (χ0v) is 20.8. The van der Waals surface area contributed by atoms with E-state index in [1.165, 1.54) is 12.2 Å². The number of carbonyl (C=O) groups excluding carboxylic acids is 2. The van der Waals surface area contributed by atoms with Gasteiger partial charge in [0.15, 0.2) is 5.41 Å². The number of methoxy groups -OCH3 is 1. The molecule has 1 amide bonds. The number of amides is 1. The quantitative estimate of drug-likeness (QED) is 0.289. The maximum Gasteiger partial charge on any atom is 0.416 e. The fourth-order valence-corrected chi connectivity index (χ4v) is 7.11. The number of fused-ring (bicyclic) bond motifs is 2. The summed E-state index contributed by atoms with van der Waals surface area (Å²) in [5.74, 6) is -2.23. The number of piperidine rings is 1. The van der Waals surface area contributed by atoms with Crippen LogP contribution in [0.15, 0.2) is 59.5 Å². The van der Waals surface area contributed by atoms with Crippen molar-refractivity contribution in [2.24, 2.45) is 5.41 Å². The summed E-state index contributed by atoms with van der Waals surface area (Å²) in [6.07, 6.45) is -3.44. The molecule has 192 valence electrons. The van der Waals surface area contributed by atoms with Gasteiger partial charge in [-0.05, 0) is 17.7 Å². The molecule has 3 aliphatic rings. The Hall–Kier alpha value is -2.60. The Bertz CT molecular complexity index is 1330.